The average molecular weight is 134 g/mol. The molecular weight excluding hydrogens is 112 g/mol. The zero-order valence-electron chi connectivity index (χ0n) is 7.33. The van der Waals surface area contributed by atoms with Gasteiger partial charge in [-0.2, -0.15) is 0 Å². The SMILES string of the molecule is CCC(C)(C)CC.N.N. The molecule has 0 spiro atoms. The highest BCUT2D eigenvalue weighted by atomic mass is 14.1. The van der Waals surface area contributed by atoms with Gasteiger partial charge < -0.3 is 12.3 Å². The second kappa shape index (κ2) is 6.05. The summed E-state index contributed by atoms with van der Waals surface area (Å²) in [5, 5.41) is 0. The summed E-state index contributed by atoms with van der Waals surface area (Å²) in [6.07, 6.45) is 2.59. The van der Waals surface area contributed by atoms with Crippen LogP contribution in [0.2, 0.25) is 0 Å². The first-order chi connectivity index (χ1) is 3.12. The van der Waals surface area contributed by atoms with Gasteiger partial charge in [0.05, 0.1) is 0 Å². The fourth-order valence-electron chi connectivity index (χ4n) is 0.250. The maximum Gasteiger partial charge on any atom is -0.0359 e. The normalized spacial score (nSPS) is 9.33. The van der Waals surface area contributed by atoms with Crippen molar-refractivity contribution in [3.05, 3.63) is 0 Å². The summed E-state index contributed by atoms with van der Waals surface area (Å²) in [5.74, 6) is 0. The van der Waals surface area contributed by atoms with Gasteiger partial charge in [0.15, 0.2) is 0 Å². The summed E-state index contributed by atoms with van der Waals surface area (Å²) < 4.78 is 0. The summed E-state index contributed by atoms with van der Waals surface area (Å²) in [7, 11) is 0. The lowest BCUT2D eigenvalue weighted by atomic mass is 9.88. The molecule has 6 N–H and O–H groups in total. The van der Waals surface area contributed by atoms with Gasteiger partial charge in [-0.3, -0.25) is 0 Å². The highest BCUT2D eigenvalue weighted by molar-refractivity contribution is 4.61. The van der Waals surface area contributed by atoms with E-state index in [-0.39, 0.29) is 12.3 Å². The minimum atomic E-state index is 0. The molecule has 0 saturated heterocycles. The quantitative estimate of drug-likeness (QED) is 0.609. The Labute approximate surface area is 59.2 Å². The molecule has 60 valence electrons. The Morgan fingerprint density at radius 3 is 1.11 bits per heavy atom. The minimum Gasteiger partial charge on any atom is -0.344 e. The summed E-state index contributed by atoms with van der Waals surface area (Å²) in [6.45, 7) is 9.08. The molecule has 2 heteroatoms. The summed E-state index contributed by atoms with van der Waals surface area (Å²) in [4.78, 5) is 0. The lowest BCUT2D eigenvalue weighted by molar-refractivity contribution is 0.338. The molecule has 0 aliphatic heterocycles. The van der Waals surface area contributed by atoms with Gasteiger partial charge in [-0.25, -0.2) is 0 Å². The molecule has 0 aromatic rings. The summed E-state index contributed by atoms with van der Waals surface area (Å²) >= 11 is 0. The monoisotopic (exact) mass is 134 g/mol. The Morgan fingerprint density at radius 2 is 1.11 bits per heavy atom. The van der Waals surface area contributed by atoms with Crippen LogP contribution >= 0.6 is 0 Å². The van der Waals surface area contributed by atoms with E-state index in [2.05, 4.69) is 27.7 Å². The van der Waals surface area contributed by atoms with E-state index >= 15 is 0 Å². The molecule has 0 saturated carbocycles. The van der Waals surface area contributed by atoms with Crippen molar-refractivity contribution in [1.82, 2.24) is 12.3 Å². The number of hydrogen-bond acceptors (Lipinski definition) is 2. The van der Waals surface area contributed by atoms with Crippen LogP contribution in [0.4, 0.5) is 0 Å². The van der Waals surface area contributed by atoms with E-state index in [1.165, 1.54) is 12.8 Å². The molecule has 0 rings (SSSR count). The predicted octanol–water partition coefficient (Wildman–Crippen LogP) is 3.16. The molecule has 0 unspecified atom stereocenters. The second-order valence-electron chi connectivity index (χ2n) is 2.87. The molecular formula is C7H22N2. The van der Waals surface area contributed by atoms with Gasteiger partial charge in [-0.15, -0.1) is 0 Å². The van der Waals surface area contributed by atoms with Crippen molar-refractivity contribution in [2.45, 2.75) is 40.5 Å². The molecule has 0 aliphatic rings. The van der Waals surface area contributed by atoms with Crippen LogP contribution in [0.5, 0.6) is 0 Å². The van der Waals surface area contributed by atoms with Crippen LogP contribution in [0, 0.1) is 5.41 Å². The minimum absolute atomic E-state index is 0. The van der Waals surface area contributed by atoms with Gasteiger partial charge in [0.1, 0.15) is 0 Å². The molecule has 0 radical (unpaired) electrons. The highest BCUT2D eigenvalue weighted by Gasteiger charge is 2.09. The van der Waals surface area contributed by atoms with Crippen LogP contribution < -0.4 is 12.3 Å². The number of hydrogen-bond donors (Lipinski definition) is 2. The zero-order chi connectivity index (χ0) is 5.91. The maximum atomic E-state index is 2.30. The van der Waals surface area contributed by atoms with Crippen LogP contribution in [0.1, 0.15) is 40.5 Å². The highest BCUT2D eigenvalue weighted by Crippen LogP contribution is 2.22. The third-order valence-electron chi connectivity index (χ3n) is 1.91. The lowest BCUT2D eigenvalue weighted by Gasteiger charge is -2.18. The zero-order valence-corrected chi connectivity index (χ0v) is 7.33. The molecule has 0 aromatic carbocycles. The van der Waals surface area contributed by atoms with Crippen molar-refractivity contribution in [2.75, 3.05) is 0 Å². The Hall–Kier alpha value is -0.0800. The first-order valence-corrected chi connectivity index (χ1v) is 3.12. The lowest BCUT2D eigenvalue weighted by Crippen LogP contribution is -2.05. The Balaban J connectivity index is -0.000000180. The number of rotatable bonds is 2. The van der Waals surface area contributed by atoms with E-state index in [0.29, 0.717) is 5.41 Å². The van der Waals surface area contributed by atoms with E-state index < -0.39 is 0 Å². The van der Waals surface area contributed by atoms with Crippen molar-refractivity contribution < 1.29 is 0 Å². The van der Waals surface area contributed by atoms with Gasteiger partial charge in [-0.1, -0.05) is 40.5 Å². The molecule has 9 heavy (non-hydrogen) atoms. The van der Waals surface area contributed by atoms with Crippen LogP contribution in [-0.2, 0) is 0 Å². The average Bonchev–Trinajstić information content (AvgIpc) is 1.68. The first-order valence-electron chi connectivity index (χ1n) is 3.12. The first kappa shape index (κ1) is 16.0. The topological polar surface area (TPSA) is 70.0 Å². The largest absolute Gasteiger partial charge is 0.344 e. The maximum absolute atomic E-state index is 2.30. The van der Waals surface area contributed by atoms with Crippen molar-refractivity contribution in [1.29, 1.82) is 0 Å². The molecule has 0 heterocycles. The third kappa shape index (κ3) is 7.92. The summed E-state index contributed by atoms with van der Waals surface area (Å²) in [5.41, 5.74) is 0.583. The molecule has 0 amide bonds. The van der Waals surface area contributed by atoms with Gasteiger partial charge in [-0.05, 0) is 5.41 Å². The fraction of sp³-hybridized carbons (Fsp3) is 1.00. The smallest absolute Gasteiger partial charge is 0.0359 e. The summed E-state index contributed by atoms with van der Waals surface area (Å²) in [6, 6.07) is 0. The van der Waals surface area contributed by atoms with E-state index in [0.717, 1.165) is 0 Å². The predicted molar refractivity (Wildman–Crippen MR) is 44.4 cm³/mol. The van der Waals surface area contributed by atoms with Crippen LogP contribution in [0.25, 0.3) is 0 Å². The second-order valence-corrected chi connectivity index (χ2v) is 2.87. The fourth-order valence-corrected chi connectivity index (χ4v) is 0.250. The van der Waals surface area contributed by atoms with E-state index in [9.17, 15) is 0 Å². The molecule has 0 bridgehead atoms. The Morgan fingerprint density at radius 1 is 0.889 bits per heavy atom. The van der Waals surface area contributed by atoms with Gasteiger partial charge in [0.25, 0.3) is 0 Å². The standard InChI is InChI=1S/C7H16.2H3N/c1-5-7(3,4)6-2;;/h5-6H2,1-4H3;2*1H3. The molecule has 0 fully saturated rings. The van der Waals surface area contributed by atoms with E-state index in [1.807, 2.05) is 0 Å². The van der Waals surface area contributed by atoms with Gasteiger partial charge in [0.2, 0.25) is 0 Å². The van der Waals surface area contributed by atoms with Crippen LogP contribution in [-0.4, -0.2) is 0 Å². The van der Waals surface area contributed by atoms with Crippen molar-refractivity contribution in [3.63, 3.8) is 0 Å². The van der Waals surface area contributed by atoms with Crippen molar-refractivity contribution in [2.24, 2.45) is 5.41 Å². The van der Waals surface area contributed by atoms with Gasteiger partial charge >= 0.3 is 0 Å². The molecule has 0 atom stereocenters. The van der Waals surface area contributed by atoms with Crippen LogP contribution in [0.3, 0.4) is 0 Å². The van der Waals surface area contributed by atoms with Gasteiger partial charge in [0, 0.05) is 0 Å². The van der Waals surface area contributed by atoms with E-state index in [4.69, 9.17) is 0 Å². The van der Waals surface area contributed by atoms with Crippen LogP contribution in [0.15, 0.2) is 0 Å². The van der Waals surface area contributed by atoms with Crippen molar-refractivity contribution >= 4 is 0 Å². The van der Waals surface area contributed by atoms with E-state index in [1.54, 1.807) is 0 Å². The third-order valence-corrected chi connectivity index (χ3v) is 1.91. The van der Waals surface area contributed by atoms with Crippen molar-refractivity contribution in [3.8, 4) is 0 Å². The molecule has 0 aliphatic carbocycles. The molecule has 0 aromatic heterocycles. The Kier molecular flexibility index (Phi) is 10.7. The Bertz CT molecular complexity index is 44.9. The molecule has 2 nitrogen and oxygen atoms in total.